The zero-order chi connectivity index (χ0) is 24.3. The van der Waals surface area contributed by atoms with Crippen LogP contribution in [-0.2, 0) is 16.1 Å². The molecule has 0 atom stereocenters. The summed E-state index contributed by atoms with van der Waals surface area (Å²) in [6, 6.07) is 21.5. The number of aryl methyl sites for hydroxylation is 1. The minimum absolute atomic E-state index is 0.101. The van der Waals surface area contributed by atoms with E-state index in [4.69, 9.17) is 9.47 Å². The maximum Gasteiger partial charge on any atom is 0.308 e. The van der Waals surface area contributed by atoms with E-state index in [1.54, 1.807) is 24.3 Å². The molecule has 0 aliphatic rings. The van der Waals surface area contributed by atoms with Crippen molar-refractivity contribution < 1.29 is 23.9 Å². The lowest BCUT2D eigenvalue weighted by Gasteiger charge is -2.10. The van der Waals surface area contributed by atoms with E-state index >= 15 is 0 Å². The molecule has 0 fully saturated rings. The largest absolute Gasteiger partial charge is 0.494 e. The van der Waals surface area contributed by atoms with Gasteiger partial charge in [-0.15, -0.1) is 0 Å². The number of anilines is 1. The van der Waals surface area contributed by atoms with Crippen LogP contribution in [0, 0.1) is 6.92 Å². The zero-order valence-corrected chi connectivity index (χ0v) is 19.3. The molecule has 0 heterocycles. The van der Waals surface area contributed by atoms with Crippen LogP contribution < -0.4 is 20.1 Å². The molecule has 0 saturated carbocycles. The van der Waals surface area contributed by atoms with Gasteiger partial charge in [-0.25, -0.2) is 0 Å². The summed E-state index contributed by atoms with van der Waals surface area (Å²) in [6.07, 6.45) is 0.938. The van der Waals surface area contributed by atoms with Gasteiger partial charge < -0.3 is 20.1 Å². The Hall–Kier alpha value is -4.13. The van der Waals surface area contributed by atoms with Gasteiger partial charge >= 0.3 is 5.97 Å². The van der Waals surface area contributed by atoms with Crippen molar-refractivity contribution in [2.45, 2.75) is 33.2 Å². The Kier molecular flexibility index (Phi) is 8.80. The second-order valence-electron chi connectivity index (χ2n) is 7.82. The third-order valence-electron chi connectivity index (χ3n) is 4.86. The minimum atomic E-state index is -0.449. The summed E-state index contributed by atoms with van der Waals surface area (Å²) in [6.45, 7) is 4.06. The second-order valence-corrected chi connectivity index (χ2v) is 7.82. The summed E-state index contributed by atoms with van der Waals surface area (Å²) < 4.78 is 10.7. The predicted octanol–water partition coefficient (Wildman–Crippen LogP) is 4.65. The van der Waals surface area contributed by atoms with Gasteiger partial charge in [-0.2, -0.15) is 0 Å². The summed E-state index contributed by atoms with van der Waals surface area (Å²) >= 11 is 0. The van der Waals surface area contributed by atoms with Crippen molar-refractivity contribution in [1.82, 2.24) is 5.32 Å². The van der Waals surface area contributed by atoms with Crippen molar-refractivity contribution in [2.75, 3.05) is 11.9 Å². The number of carbonyl (C=O) groups is 3. The monoisotopic (exact) mass is 460 g/mol. The van der Waals surface area contributed by atoms with Gasteiger partial charge in [-0.1, -0.05) is 35.9 Å². The number of esters is 1. The molecule has 7 heteroatoms. The van der Waals surface area contributed by atoms with Crippen LogP contribution in [-0.4, -0.2) is 24.4 Å². The second kappa shape index (κ2) is 12.2. The summed E-state index contributed by atoms with van der Waals surface area (Å²) in [7, 11) is 0. The number of rotatable bonds is 10. The van der Waals surface area contributed by atoms with E-state index in [2.05, 4.69) is 10.6 Å². The third kappa shape index (κ3) is 8.09. The number of amides is 2. The molecule has 0 aliphatic heterocycles. The molecule has 2 amide bonds. The first-order chi connectivity index (χ1) is 16.4. The molecular formula is C27H28N2O5. The van der Waals surface area contributed by atoms with Crippen molar-refractivity contribution in [3.63, 3.8) is 0 Å². The molecule has 3 aromatic rings. The van der Waals surface area contributed by atoms with Gasteiger partial charge in [0.1, 0.15) is 11.5 Å². The lowest BCUT2D eigenvalue weighted by atomic mass is 10.1. The van der Waals surface area contributed by atoms with Crippen LogP contribution in [0.1, 0.15) is 41.3 Å². The highest BCUT2D eigenvalue weighted by molar-refractivity contribution is 5.94. The highest BCUT2D eigenvalue weighted by Gasteiger charge is 2.09. The Morgan fingerprint density at radius 3 is 2.41 bits per heavy atom. The summed E-state index contributed by atoms with van der Waals surface area (Å²) in [5.41, 5.74) is 3.05. The van der Waals surface area contributed by atoms with E-state index in [1.807, 2.05) is 49.4 Å². The molecule has 0 bridgehead atoms. The lowest BCUT2D eigenvalue weighted by molar-refractivity contribution is -0.131. The fourth-order valence-electron chi connectivity index (χ4n) is 3.19. The quantitative estimate of drug-likeness (QED) is 0.261. The summed E-state index contributed by atoms with van der Waals surface area (Å²) in [5, 5.41) is 5.71. The molecule has 0 saturated heterocycles. The standard InChI is InChI=1S/C27H28N2O5/c1-19-11-13-24(14-12-19)33-15-5-10-26(31)29-23-8-3-6-21(16-23)18-28-27(32)22-7-4-9-25(17-22)34-20(2)30/h3-4,6-9,11-14,16-17H,5,10,15,18H2,1-2H3,(H,28,32)(H,29,31). The van der Waals surface area contributed by atoms with E-state index in [1.165, 1.54) is 18.6 Å². The van der Waals surface area contributed by atoms with Gasteiger partial charge in [0.05, 0.1) is 6.61 Å². The van der Waals surface area contributed by atoms with Crippen LogP contribution in [0.25, 0.3) is 0 Å². The van der Waals surface area contributed by atoms with Gasteiger partial charge in [0.15, 0.2) is 0 Å². The van der Waals surface area contributed by atoms with Gasteiger partial charge in [0.2, 0.25) is 5.91 Å². The average molecular weight is 461 g/mol. The van der Waals surface area contributed by atoms with Crippen LogP contribution in [0.5, 0.6) is 11.5 Å². The molecule has 3 rings (SSSR count). The van der Waals surface area contributed by atoms with Gasteiger partial charge in [-0.05, 0) is 61.4 Å². The molecule has 0 aliphatic carbocycles. The number of hydrogen-bond acceptors (Lipinski definition) is 5. The van der Waals surface area contributed by atoms with Crippen molar-refractivity contribution >= 4 is 23.5 Å². The predicted molar refractivity (Wildman–Crippen MR) is 130 cm³/mol. The van der Waals surface area contributed by atoms with Crippen molar-refractivity contribution in [2.24, 2.45) is 0 Å². The van der Waals surface area contributed by atoms with Crippen LogP contribution >= 0.6 is 0 Å². The fourth-order valence-corrected chi connectivity index (χ4v) is 3.19. The molecule has 0 spiro atoms. The molecule has 0 unspecified atom stereocenters. The number of benzene rings is 3. The normalized spacial score (nSPS) is 10.3. The Bertz CT molecular complexity index is 1140. The van der Waals surface area contributed by atoms with Crippen molar-refractivity contribution in [1.29, 1.82) is 0 Å². The number of carbonyl (C=O) groups excluding carboxylic acids is 3. The van der Waals surface area contributed by atoms with E-state index < -0.39 is 5.97 Å². The molecule has 34 heavy (non-hydrogen) atoms. The molecule has 3 aromatic carbocycles. The van der Waals surface area contributed by atoms with Crippen LogP contribution in [0.15, 0.2) is 72.8 Å². The van der Waals surface area contributed by atoms with Gasteiger partial charge in [0.25, 0.3) is 5.91 Å². The molecule has 0 radical (unpaired) electrons. The third-order valence-corrected chi connectivity index (χ3v) is 4.86. The molecule has 7 nitrogen and oxygen atoms in total. The Labute approximate surface area is 199 Å². The highest BCUT2D eigenvalue weighted by Crippen LogP contribution is 2.15. The Balaban J connectivity index is 1.44. The number of ether oxygens (including phenoxy) is 2. The first-order valence-electron chi connectivity index (χ1n) is 11.0. The zero-order valence-electron chi connectivity index (χ0n) is 19.3. The minimum Gasteiger partial charge on any atom is -0.494 e. The van der Waals surface area contributed by atoms with E-state index in [0.29, 0.717) is 36.4 Å². The topological polar surface area (TPSA) is 93.7 Å². The van der Waals surface area contributed by atoms with Crippen molar-refractivity contribution in [3.8, 4) is 11.5 Å². The summed E-state index contributed by atoms with van der Waals surface area (Å²) in [4.78, 5) is 35.8. The molecule has 2 N–H and O–H groups in total. The first kappa shape index (κ1) is 24.5. The Morgan fingerprint density at radius 2 is 1.65 bits per heavy atom. The lowest BCUT2D eigenvalue weighted by Crippen LogP contribution is -2.23. The van der Waals surface area contributed by atoms with Gasteiger partial charge in [-0.3, -0.25) is 14.4 Å². The van der Waals surface area contributed by atoms with E-state index in [0.717, 1.165) is 11.3 Å². The number of hydrogen-bond donors (Lipinski definition) is 2. The summed E-state index contributed by atoms with van der Waals surface area (Å²) in [5.74, 6) is 0.260. The Morgan fingerprint density at radius 1 is 0.882 bits per heavy atom. The maximum atomic E-state index is 12.5. The van der Waals surface area contributed by atoms with E-state index in [-0.39, 0.29) is 18.4 Å². The van der Waals surface area contributed by atoms with Crippen LogP contribution in [0.2, 0.25) is 0 Å². The maximum absolute atomic E-state index is 12.5. The van der Waals surface area contributed by atoms with Crippen molar-refractivity contribution in [3.05, 3.63) is 89.5 Å². The average Bonchev–Trinajstić information content (AvgIpc) is 2.81. The molecule has 0 aromatic heterocycles. The smallest absolute Gasteiger partial charge is 0.308 e. The number of nitrogens with one attached hydrogen (secondary N) is 2. The van der Waals surface area contributed by atoms with E-state index in [9.17, 15) is 14.4 Å². The molecule has 176 valence electrons. The molecular weight excluding hydrogens is 432 g/mol. The van der Waals surface area contributed by atoms with Crippen LogP contribution in [0.3, 0.4) is 0 Å². The van der Waals surface area contributed by atoms with Gasteiger partial charge in [0, 0.05) is 31.1 Å². The highest BCUT2D eigenvalue weighted by atomic mass is 16.5. The van der Waals surface area contributed by atoms with Crippen LogP contribution in [0.4, 0.5) is 5.69 Å². The fraction of sp³-hybridized carbons (Fsp3) is 0.222. The first-order valence-corrected chi connectivity index (χ1v) is 11.0. The SMILES string of the molecule is CC(=O)Oc1cccc(C(=O)NCc2cccc(NC(=O)CCCOc3ccc(C)cc3)c2)c1.